The summed E-state index contributed by atoms with van der Waals surface area (Å²) < 4.78 is 28.1. The molecule has 0 spiro atoms. The average Bonchev–Trinajstić information content (AvgIpc) is 2.93. The van der Waals surface area contributed by atoms with E-state index in [0.29, 0.717) is 17.5 Å². The maximum Gasteiger partial charge on any atom is 0.224 e. The maximum atomic E-state index is 14.5. The van der Waals surface area contributed by atoms with Crippen LogP contribution in [0.2, 0.25) is 0 Å². The molecule has 0 bridgehead atoms. The average molecular weight is 577 g/mol. The summed E-state index contributed by atoms with van der Waals surface area (Å²) in [4.78, 5) is 51.1. The minimum atomic E-state index is -0.855. The van der Waals surface area contributed by atoms with Gasteiger partial charge in [0.05, 0.1) is 11.5 Å². The fraction of sp³-hybridized carbons (Fsp3) is 0.353. The van der Waals surface area contributed by atoms with Crippen molar-refractivity contribution >= 4 is 23.4 Å². The van der Waals surface area contributed by atoms with Crippen molar-refractivity contribution in [3.63, 3.8) is 0 Å². The van der Waals surface area contributed by atoms with Crippen molar-refractivity contribution < 1.29 is 28.0 Å². The summed E-state index contributed by atoms with van der Waals surface area (Å²) in [6, 6.07) is 19.4. The summed E-state index contributed by atoms with van der Waals surface area (Å²) in [6.07, 6.45) is 0.779. The van der Waals surface area contributed by atoms with Crippen molar-refractivity contribution in [3.05, 3.63) is 95.6 Å². The monoisotopic (exact) mass is 576 g/mol. The van der Waals surface area contributed by atoms with Gasteiger partial charge in [0.25, 0.3) is 0 Å². The highest BCUT2D eigenvalue weighted by atomic mass is 19.1. The molecule has 0 aliphatic heterocycles. The molecule has 0 radical (unpaired) electrons. The highest BCUT2D eigenvalue weighted by Gasteiger charge is 2.26. The molecule has 0 saturated carbocycles. The minimum Gasteiger partial charge on any atom is -0.356 e. The predicted octanol–water partition coefficient (Wildman–Crippen LogP) is 6.22. The fourth-order valence-electron chi connectivity index (χ4n) is 4.58. The van der Waals surface area contributed by atoms with Crippen LogP contribution in [0.4, 0.5) is 8.78 Å². The van der Waals surface area contributed by atoms with Crippen LogP contribution in [0.1, 0.15) is 68.8 Å². The second-order valence-electron chi connectivity index (χ2n) is 11.5. The van der Waals surface area contributed by atoms with Crippen LogP contribution in [0.25, 0.3) is 11.1 Å². The van der Waals surface area contributed by atoms with Crippen LogP contribution in [-0.2, 0) is 20.8 Å². The van der Waals surface area contributed by atoms with Crippen LogP contribution in [0.3, 0.4) is 0 Å². The molecule has 42 heavy (non-hydrogen) atoms. The first-order valence-corrected chi connectivity index (χ1v) is 14.1. The van der Waals surface area contributed by atoms with Crippen LogP contribution in [0.5, 0.6) is 0 Å². The summed E-state index contributed by atoms with van der Waals surface area (Å²) >= 11 is 0. The first-order valence-electron chi connectivity index (χ1n) is 14.1. The van der Waals surface area contributed by atoms with E-state index in [2.05, 4.69) is 10.6 Å². The number of ketones is 2. The number of amides is 2. The van der Waals surface area contributed by atoms with E-state index in [-0.39, 0.29) is 55.9 Å². The SMILES string of the molecule is CC(C)(C)NC(=O)C[C@H](CC(=O)CCc1ccccc1)C(=O)NCCCC(=O)c1cc(-c2cccc(F)c2)ccc1F. The van der Waals surface area contributed by atoms with Crippen LogP contribution in [0.15, 0.2) is 72.8 Å². The van der Waals surface area contributed by atoms with Crippen molar-refractivity contribution in [2.24, 2.45) is 5.92 Å². The second kappa shape index (κ2) is 15.1. The smallest absolute Gasteiger partial charge is 0.224 e. The van der Waals surface area contributed by atoms with Gasteiger partial charge in [-0.3, -0.25) is 19.2 Å². The Hall–Kier alpha value is -4.20. The zero-order valence-electron chi connectivity index (χ0n) is 24.3. The van der Waals surface area contributed by atoms with Crippen LogP contribution in [0, 0.1) is 17.6 Å². The van der Waals surface area contributed by atoms with E-state index in [1.807, 2.05) is 51.1 Å². The first kappa shape index (κ1) is 32.3. The zero-order chi connectivity index (χ0) is 30.7. The van der Waals surface area contributed by atoms with Gasteiger partial charge >= 0.3 is 0 Å². The number of aryl methyl sites for hydroxylation is 1. The lowest BCUT2D eigenvalue weighted by Gasteiger charge is -2.23. The van der Waals surface area contributed by atoms with Crippen LogP contribution in [-0.4, -0.2) is 35.5 Å². The van der Waals surface area contributed by atoms with E-state index in [4.69, 9.17) is 0 Å². The highest BCUT2D eigenvalue weighted by molar-refractivity contribution is 5.97. The summed E-state index contributed by atoms with van der Waals surface area (Å²) in [7, 11) is 0. The van der Waals surface area contributed by atoms with Gasteiger partial charge in [-0.15, -0.1) is 0 Å². The molecule has 0 heterocycles. The molecule has 2 N–H and O–H groups in total. The standard InChI is InChI=1S/C34H38F2N2O4/c1-34(2,3)38-32(41)22-26(20-28(39)16-14-23-9-5-4-6-10-23)33(42)37-18-8-13-31(40)29-21-25(15-17-30(29)36)24-11-7-12-27(35)19-24/h4-7,9-12,15,17,19,21,26H,8,13-14,16,18,20,22H2,1-3H3,(H,37,42)(H,38,41)/t26-/m0/s1. The Morgan fingerprint density at radius 2 is 1.52 bits per heavy atom. The molecule has 3 aromatic rings. The number of rotatable bonds is 14. The predicted molar refractivity (Wildman–Crippen MR) is 159 cm³/mol. The summed E-state index contributed by atoms with van der Waals surface area (Å²) in [6.45, 7) is 5.61. The number of carbonyl (C=O) groups excluding carboxylic acids is 4. The van der Waals surface area contributed by atoms with E-state index >= 15 is 0 Å². The third-order valence-electron chi connectivity index (χ3n) is 6.63. The molecule has 3 rings (SSSR count). The van der Waals surface area contributed by atoms with Gasteiger partial charge < -0.3 is 10.6 Å². The minimum absolute atomic E-state index is 0.0328. The number of Topliss-reactive ketones (excluding diaryl/α,β-unsaturated/α-hetero) is 2. The molecule has 2 amide bonds. The van der Waals surface area contributed by atoms with Crippen molar-refractivity contribution in [1.29, 1.82) is 0 Å². The van der Waals surface area contributed by atoms with E-state index in [0.717, 1.165) is 5.56 Å². The second-order valence-corrected chi connectivity index (χ2v) is 11.5. The Balaban J connectivity index is 1.57. The van der Waals surface area contributed by atoms with E-state index in [1.54, 1.807) is 6.07 Å². The highest BCUT2D eigenvalue weighted by Crippen LogP contribution is 2.24. The number of halogens is 2. The van der Waals surface area contributed by atoms with Gasteiger partial charge in [-0.25, -0.2) is 8.78 Å². The van der Waals surface area contributed by atoms with Gasteiger partial charge in [-0.05, 0) is 74.6 Å². The molecule has 6 nitrogen and oxygen atoms in total. The van der Waals surface area contributed by atoms with Gasteiger partial charge in [0.2, 0.25) is 11.8 Å². The lowest BCUT2D eigenvalue weighted by molar-refractivity contribution is -0.133. The van der Waals surface area contributed by atoms with Gasteiger partial charge in [-0.1, -0.05) is 48.5 Å². The van der Waals surface area contributed by atoms with Gasteiger partial charge in [0, 0.05) is 37.8 Å². The Bertz CT molecular complexity index is 1400. The summed E-state index contributed by atoms with van der Waals surface area (Å²) in [5.74, 6) is -3.31. The molecule has 0 aliphatic rings. The molecular weight excluding hydrogens is 538 g/mol. The van der Waals surface area contributed by atoms with Crippen molar-refractivity contribution in [3.8, 4) is 11.1 Å². The third kappa shape index (κ3) is 10.7. The number of carbonyl (C=O) groups is 4. The van der Waals surface area contributed by atoms with Crippen molar-refractivity contribution in [2.75, 3.05) is 6.54 Å². The molecular formula is C34H38F2N2O4. The lowest BCUT2D eigenvalue weighted by Crippen LogP contribution is -2.43. The molecule has 0 aromatic heterocycles. The van der Waals surface area contributed by atoms with Crippen LogP contribution < -0.4 is 10.6 Å². The number of benzene rings is 3. The summed E-state index contributed by atoms with van der Waals surface area (Å²) in [5, 5.41) is 5.57. The van der Waals surface area contributed by atoms with E-state index in [9.17, 15) is 28.0 Å². The molecule has 0 unspecified atom stereocenters. The molecule has 1 atom stereocenters. The lowest BCUT2D eigenvalue weighted by atomic mass is 9.94. The van der Waals surface area contributed by atoms with Crippen molar-refractivity contribution in [2.45, 2.75) is 64.8 Å². The fourth-order valence-corrected chi connectivity index (χ4v) is 4.58. The normalized spacial score (nSPS) is 11.9. The van der Waals surface area contributed by atoms with Crippen LogP contribution >= 0.6 is 0 Å². The largest absolute Gasteiger partial charge is 0.356 e. The Labute approximate surface area is 245 Å². The summed E-state index contributed by atoms with van der Waals surface area (Å²) in [5.41, 5.74) is 1.46. The molecule has 0 saturated heterocycles. The van der Waals surface area contributed by atoms with Gasteiger partial charge in [-0.2, -0.15) is 0 Å². The quantitative estimate of drug-likeness (QED) is 0.176. The number of hydrogen-bond donors (Lipinski definition) is 2. The topological polar surface area (TPSA) is 92.3 Å². The Morgan fingerprint density at radius 3 is 2.21 bits per heavy atom. The van der Waals surface area contributed by atoms with E-state index < -0.39 is 34.8 Å². The van der Waals surface area contributed by atoms with E-state index in [1.165, 1.54) is 36.4 Å². The molecule has 3 aromatic carbocycles. The van der Waals surface area contributed by atoms with Crippen molar-refractivity contribution in [1.82, 2.24) is 10.6 Å². The number of nitrogens with one attached hydrogen (secondary N) is 2. The first-order chi connectivity index (χ1) is 19.9. The van der Waals surface area contributed by atoms with Gasteiger partial charge in [0.15, 0.2) is 5.78 Å². The van der Waals surface area contributed by atoms with Gasteiger partial charge in [0.1, 0.15) is 17.4 Å². The zero-order valence-corrected chi connectivity index (χ0v) is 24.3. The number of hydrogen-bond acceptors (Lipinski definition) is 4. The molecule has 222 valence electrons. The Kier molecular flexibility index (Phi) is 11.7. The molecule has 0 aliphatic carbocycles. The maximum absolute atomic E-state index is 14.5. The Morgan fingerprint density at radius 1 is 0.810 bits per heavy atom. The molecule has 8 heteroatoms. The third-order valence-corrected chi connectivity index (χ3v) is 6.63. The molecule has 0 fully saturated rings.